The van der Waals surface area contributed by atoms with Crippen molar-refractivity contribution in [3.05, 3.63) is 27.1 Å². The van der Waals surface area contributed by atoms with Gasteiger partial charge in [-0.05, 0) is 12.8 Å². The molecule has 1 saturated carbocycles. The molecule has 0 unspecified atom stereocenters. The number of carbonyl (C=O) groups excluding carboxylic acids is 1. The number of rotatable bonds is 3. The van der Waals surface area contributed by atoms with Gasteiger partial charge in [-0.25, -0.2) is 4.98 Å². The second-order valence-corrected chi connectivity index (χ2v) is 7.67. The van der Waals surface area contributed by atoms with E-state index in [1.807, 2.05) is 0 Å². The van der Waals surface area contributed by atoms with Crippen LogP contribution in [0.2, 0.25) is 0 Å². The molecule has 4 heterocycles. The van der Waals surface area contributed by atoms with E-state index in [0.717, 1.165) is 30.1 Å². The molecule has 0 aromatic carbocycles. The van der Waals surface area contributed by atoms with Crippen LogP contribution in [0.5, 0.6) is 0 Å². The van der Waals surface area contributed by atoms with Crippen molar-refractivity contribution in [1.82, 2.24) is 19.5 Å². The number of nitrogens with zero attached hydrogens (tertiary/aromatic N) is 4. The van der Waals surface area contributed by atoms with Gasteiger partial charge < -0.3 is 4.74 Å². The molecule has 7 nitrogen and oxygen atoms in total. The van der Waals surface area contributed by atoms with Gasteiger partial charge >= 0.3 is 5.97 Å². The molecule has 2 aliphatic heterocycles. The van der Waals surface area contributed by atoms with Crippen molar-refractivity contribution in [2.75, 3.05) is 19.7 Å². The number of esters is 1. The first-order valence-corrected chi connectivity index (χ1v) is 8.78. The number of hydrogen-bond acceptors (Lipinski definition) is 7. The maximum absolute atomic E-state index is 12.3. The molecule has 3 aliphatic rings. The van der Waals surface area contributed by atoms with Crippen molar-refractivity contribution in [3.63, 3.8) is 0 Å². The van der Waals surface area contributed by atoms with Crippen molar-refractivity contribution in [2.24, 2.45) is 11.8 Å². The summed E-state index contributed by atoms with van der Waals surface area (Å²) in [5.74, 6) is 0.716. The molecule has 120 valence electrons. The highest BCUT2D eigenvalue weighted by Crippen LogP contribution is 2.41. The molecule has 3 fully saturated rings. The molecule has 0 radical (unpaired) electrons. The lowest BCUT2D eigenvalue weighted by molar-refractivity contribution is -0.141. The van der Waals surface area contributed by atoms with E-state index in [9.17, 15) is 9.59 Å². The van der Waals surface area contributed by atoms with Crippen LogP contribution in [0.3, 0.4) is 0 Å². The number of cyclic esters (lactones) is 1. The molecule has 2 saturated heterocycles. The standard InChI is InChI=1S/C15H16N4O3S/c20-12-3-10(5-18-4-9-7-22-14(21)11(9)6-18)16-15-19(12)17-13(23-15)8-1-2-8/h3,8-9,11H,1-2,4-7H2/t9-,11-/m1/s1. The second kappa shape index (κ2) is 4.85. The molecule has 5 rings (SSSR count). The number of ether oxygens (including phenoxy) is 1. The topological polar surface area (TPSA) is 76.8 Å². The average Bonchev–Trinajstić information content (AvgIpc) is 3.01. The van der Waals surface area contributed by atoms with Crippen LogP contribution >= 0.6 is 11.3 Å². The summed E-state index contributed by atoms with van der Waals surface area (Å²) in [6.07, 6.45) is 2.32. The van der Waals surface area contributed by atoms with Gasteiger partial charge in [0.2, 0.25) is 4.96 Å². The molecule has 0 spiro atoms. The second-order valence-electron chi connectivity index (χ2n) is 6.69. The molecule has 23 heavy (non-hydrogen) atoms. The fraction of sp³-hybridized carbons (Fsp3) is 0.600. The van der Waals surface area contributed by atoms with Crippen molar-refractivity contribution in [3.8, 4) is 0 Å². The minimum Gasteiger partial charge on any atom is -0.465 e. The zero-order valence-electron chi connectivity index (χ0n) is 12.5. The Morgan fingerprint density at radius 2 is 2.17 bits per heavy atom. The summed E-state index contributed by atoms with van der Waals surface area (Å²) in [6, 6.07) is 1.57. The Labute approximate surface area is 135 Å². The van der Waals surface area contributed by atoms with Crippen LogP contribution in [0.1, 0.15) is 29.5 Å². The summed E-state index contributed by atoms with van der Waals surface area (Å²) in [5.41, 5.74) is 0.640. The van der Waals surface area contributed by atoms with Crippen molar-refractivity contribution >= 4 is 22.3 Å². The number of likely N-dealkylation sites (tertiary alicyclic amines) is 1. The molecular weight excluding hydrogens is 316 g/mol. The first kappa shape index (κ1) is 13.6. The van der Waals surface area contributed by atoms with Gasteiger partial charge in [-0.3, -0.25) is 14.5 Å². The molecule has 2 aromatic heterocycles. The minimum absolute atomic E-state index is 0.00954. The molecule has 2 aromatic rings. The van der Waals surface area contributed by atoms with Crippen LogP contribution in [-0.4, -0.2) is 45.2 Å². The molecular formula is C15H16N4O3S. The van der Waals surface area contributed by atoms with E-state index < -0.39 is 0 Å². The summed E-state index contributed by atoms with van der Waals surface area (Å²) >= 11 is 1.52. The van der Waals surface area contributed by atoms with Crippen LogP contribution in [0, 0.1) is 11.8 Å². The Hall–Kier alpha value is -1.80. The van der Waals surface area contributed by atoms with Gasteiger partial charge in [0.1, 0.15) is 5.01 Å². The molecule has 0 N–H and O–H groups in total. The molecule has 2 atom stereocenters. The first-order chi connectivity index (χ1) is 11.2. The minimum atomic E-state index is -0.119. The van der Waals surface area contributed by atoms with Gasteiger partial charge in [-0.2, -0.15) is 9.61 Å². The number of carbonyl (C=O) groups is 1. The normalized spacial score (nSPS) is 27.6. The van der Waals surface area contributed by atoms with Gasteiger partial charge in [0.15, 0.2) is 0 Å². The lowest BCUT2D eigenvalue weighted by Crippen LogP contribution is -2.25. The summed E-state index contributed by atoms with van der Waals surface area (Å²) in [4.78, 5) is 31.4. The molecule has 0 bridgehead atoms. The Kier molecular flexibility index (Phi) is 2.87. The summed E-state index contributed by atoms with van der Waals surface area (Å²) < 4.78 is 6.50. The van der Waals surface area contributed by atoms with E-state index in [2.05, 4.69) is 15.0 Å². The zero-order valence-corrected chi connectivity index (χ0v) is 13.3. The van der Waals surface area contributed by atoms with Crippen molar-refractivity contribution in [1.29, 1.82) is 0 Å². The van der Waals surface area contributed by atoms with Crippen LogP contribution in [-0.2, 0) is 16.1 Å². The molecule has 8 heteroatoms. The first-order valence-electron chi connectivity index (χ1n) is 7.96. The number of hydrogen-bond donors (Lipinski definition) is 0. The van der Waals surface area contributed by atoms with Crippen LogP contribution in [0.4, 0.5) is 0 Å². The lowest BCUT2D eigenvalue weighted by atomic mass is 10.0. The van der Waals surface area contributed by atoms with E-state index in [1.54, 1.807) is 6.07 Å². The third-order valence-electron chi connectivity index (χ3n) is 4.88. The van der Waals surface area contributed by atoms with Gasteiger partial charge in [-0.1, -0.05) is 11.3 Å². The quantitative estimate of drug-likeness (QED) is 0.768. The largest absolute Gasteiger partial charge is 0.465 e. The van der Waals surface area contributed by atoms with Gasteiger partial charge in [-0.15, -0.1) is 0 Å². The number of aromatic nitrogens is 3. The Morgan fingerprint density at radius 1 is 1.30 bits per heavy atom. The smallest absolute Gasteiger partial charge is 0.310 e. The SMILES string of the molecule is O=C1OC[C@H]2CN(Cc3cc(=O)n4nc(C5CC5)sc4n3)C[C@@H]12. The maximum atomic E-state index is 12.3. The summed E-state index contributed by atoms with van der Waals surface area (Å²) in [5, 5.41) is 5.41. The van der Waals surface area contributed by atoms with E-state index in [-0.39, 0.29) is 23.4 Å². The average molecular weight is 332 g/mol. The van der Waals surface area contributed by atoms with Crippen LogP contribution in [0.25, 0.3) is 4.96 Å². The van der Waals surface area contributed by atoms with Crippen LogP contribution in [0.15, 0.2) is 10.9 Å². The van der Waals surface area contributed by atoms with E-state index in [0.29, 0.717) is 30.6 Å². The third-order valence-corrected chi connectivity index (χ3v) is 5.96. The fourth-order valence-corrected chi connectivity index (χ4v) is 4.59. The lowest BCUT2D eigenvalue weighted by Gasteiger charge is -2.15. The predicted octanol–water partition coefficient (Wildman–Crippen LogP) is 0.633. The van der Waals surface area contributed by atoms with Gasteiger partial charge in [0, 0.05) is 37.5 Å². The van der Waals surface area contributed by atoms with Crippen molar-refractivity contribution in [2.45, 2.75) is 25.3 Å². The summed E-state index contributed by atoms with van der Waals surface area (Å²) in [6.45, 7) is 2.64. The van der Waals surface area contributed by atoms with Gasteiger partial charge in [0.05, 0.1) is 18.2 Å². The highest BCUT2D eigenvalue weighted by Gasteiger charge is 2.43. The highest BCUT2D eigenvalue weighted by molar-refractivity contribution is 7.16. The zero-order chi connectivity index (χ0) is 15.6. The van der Waals surface area contributed by atoms with Crippen molar-refractivity contribution < 1.29 is 9.53 Å². The third kappa shape index (κ3) is 2.28. The summed E-state index contributed by atoms with van der Waals surface area (Å²) in [7, 11) is 0. The highest BCUT2D eigenvalue weighted by atomic mass is 32.1. The molecule has 0 amide bonds. The maximum Gasteiger partial charge on any atom is 0.310 e. The van der Waals surface area contributed by atoms with E-state index in [1.165, 1.54) is 15.9 Å². The Bertz CT molecular complexity index is 856. The van der Waals surface area contributed by atoms with Crippen LogP contribution < -0.4 is 5.56 Å². The van der Waals surface area contributed by atoms with E-state index >= 15 is 0 Å². The van der Waals surface area contributed by atoms with E-state index in [4.69, 9.17) is 4.74 Å². The fourth-order valence-electron chi connectivity index (χ4n) is 3.50. The monoisotopic (exact) mass is 332 g/mol. The Balaban J connectivity index is 1.40. The molecule has 1 aliphatic carbocycles. The van der Waals surface area contributed by atoms with Gasteiger partial charge in [0.25, 0.3) is 5.56 Å². The predicted molar refractivity (Wildman–Crippen MR) is 82.3 cm³/mol. The number of fused-ring (bicyclic) bond motifs is 2. The Morgan fingerprint density at radius 3 is 2.96 bits per heavy atom.